The quantitative estimate of drug-likeness (QED) is 0.192. The normalized spacial score (nSPS) is 12.1. The van der Waals surface area contributed by atoms with E-state index in [9.17, 15) is 27.9 Å². The number of rotatable bonds is 9. The minimum atomic E-state index is -4.40. The van der Waals surface area contributed by atoms with Gasteiger partial charge in [0.2, 0.25) is 0 Å². The van der Waals surface area contributed by atoms with Crippen LogP contribution in [0.2, 0.25) is 0 Å². The van der Waals surface area contributed by atoms with Crippen LogP contribution in [0.4, 0.5) is 13.2 Å². The van der Waals surface area contributed by atoms with Crippen LogP contribution in [-0.4, -0.2) is 22.0 Å². The lowest BCUT2D eigenvalue weighted by Crippen LogP contribution is -2.30. The van der Waals surface area contributed by atoms with Crippen LogP contribution in [0, 0.1) is 0 Å². The zero-order valence-corrected chi connectivity index (χ0v) is 22.1. The summed E-state index contributed by atoms with van der Waals surface area (Å²) in [6, 6.07) is 27.9. The van der Waals surface area contributed by atoms with Crippen molar-refractivity contribution < 1.29 is 32.6 Å². The van der Waals surface area contributed by atoms with E-state index in [0.29, 0.717) is 27.6 Å². The maximum absolute atomic E-state index is 13.1. The van der Waals surface area contributed by atoms with Crippen molar-refractivity contribution in [2.75, 3.05) is 0 Å². The first-order chi connectivity index (χ1) is 20.2. The number of nitrogens with one attached hydrogen (secondary N) is 1. The molecule has 9 heteroatoms. The van der Waals surface area contributed by atoms with E-state index in [-0.39, 0.29) is 18.7 Å². The fourth-order valence-corrected chi connectivity index (χ4v) is 4.49. The number of hydrogen-bond acceptors (Lipinski definition) is 4. The van der Waals surface area contributed by atoms with Crippen LogP contribution in [-0.2, 0) is 17.6 Å². The first-order valence-electron chi connectivity index (χ1n) is 13.0. The molecule has 0 aliphatic rings. The standard InChI is InChI=1S/C33H25F3N2O4/c34-33(35,36)27-13-6-21(7-14-27)20-42-28-15-12-25-17-30(37-19-26(25)16-28)32(41)38-29(18-31(39)40)24-10-8-23(9-11-24)22-4-2-1-3-5-22/h1-17,19,29H,18,20H2,(H,38,41)(H,39,40). The van der Waals surface area contributed by atoms with E-state index < -0.39 is 29.7 Å². The molecular formula is C33H25F3N2O4. The fraction of sp³-hybridized carbons (Fsp3) is 0.121. The van der Waals surface area contributed by atoms with Gasteiger partial charge in [0, 0.05) is 11.6 Å². The number of fused-ring (bicyclic) bond motifs is 1. The second-order valence-electron chi connectivity index (χ2n) is 9.67. The van der Waals surface area contributed by atoms with Gasteiger partial charge in [-0.05, 0) is 58.0 Å². The van der Waals surface area contributed by atoms with Gasteiger partial charge in [0.25, 0.3) is 5.91 Å². The second-order valence-corrected chi connectivity index (χ2v) is 9.67. The SMILES string of the molecule is O=C(O)CC(NC(=O)c1cc2ccc(OCc3ccc(C(F)(F)F)cc3)cc2cn1)c1ccc(-c2ccccc2)cc1. The monoisotopic (exact) mass is 570 g/mol. The molecule has 5 aromatic rings. The van der Waals surface area contributed by atoms with Crippen molar-refractivity contribution in [2.45, 2.75) is 25.2 Å². The van der Waals surface area contributed by atoms with Gasteiger partial charge in [-0.3, -0.25) is 14.6 Å². The summed E-state index contributed by atoms with van der Waals surface area (Å²) in [5.41, 5.74) is 2.63. The Labute approximate surface area is 239 Å². The predicted octanol–water partition coefficient (Wildman–Crippen LogP) is 7.45. The summed E-state index contributed by atoms with van der Waals surface area (Å²) in [6.45, 7) is 0.0782. The Morgan fingerprint density at radius 2 is 1.52 bits per heavy atom. The number of aromatic nitrogens is 1. The number of carboxylic acid groups (broad SMARTS) is 1. The number of carboxylic acids is 1. The van der Waals surface area contributed by atoms with Crippen LogP contribution < -0.4 is 10.1 Å². The molecule has 1 heterocycles. The third-order valence-corrected chi connectivity index (χ3v) is 6.72. The largest absolute Gasteiger partial charge is 0.489 e. The van der Waals surface area contributed by atoms with Crippen LogP contribution in [0.15, 0.2) is 109 Å². The predicted molar refractivity (Wildman–Crippen MR) is 152 cm³/mol. The number of alkyl halides is 3. The van der Waals surface area contributed by atoms with E-state index in [0.717, 1.165) is 23.3 Å². The number of aliphatic carboxylic acids is 1. The lowest BCUT2D eigenvalue weighted by Gasteiger charge is -2.18. The van der Waals surface area contributed by atoms with Crippen molar-refractivity contribution >= 4 is 22.6 Å². The molecule has 0 radical (unpaired) electrons. The third kappa shape index (κ3) is 6.93. The summed E-state index contributed by atoms with van der Waals surface area (Å²) >= 11 is 0. The highest BCUT2D eigenvalue weighted by molar-refractivity contribution is 5.97. The summed E-state index contributed by atoms with van der Waals surface area (Å²) < 4.78 is 44.0. The van der Waals surface area contributed by atoms with Crippen LogP contribution in [0.1, 0.15) is 39.6 Å². The van der Waals surface area contributed by atoms with Crippen molar-refractivity contribution in [1.29, 1.82) is 0 Å². The molecule has 6 nitrogen and oxygen atoms in total. The molecule has 212 valence electrons. The summed E-state index contributed by atoms with van der Waals surface area (Å²) in [4.78, 5) is 28.9. The Morgan fingerprint density at radius 3 is 2.19 bits per heavy atom. The first kappa shape index (κ1) is 28.4. The van der Waals surface area contributed by atoms with Gasteiger partial charge in [0.1, 0.15) is 18.1 Å². The van der Waals surface area contributed by atoms with Gasteiger partial charge in [-0.2, -0.15) is 13.2 Å². The fourth-order valence-electron chi connectivity index (χ4n) is 4.49. The van der Waals surface area contributed by atoms with Crippen molar-refractivity contribution in [3.05, 3.63) is 132 Å². The summed E-state index contributed by atoms with van der Waals surface area (Å²) in [6.07, 6.45) is -3.19. The molecule has 0 spiro atoms. The number of amides is 1. The Hall–Kier alpha value is -5.18. The number of pyridine rings is 1. The van der Waals surface area contributed by atoms with Gasteiger partial charge in [0.05, 0.1) is 18.0 Å². The first-order valence-corrected chi connectivity index (χ1v) is 13.0. The van der Waals surface area contributed by atoms with Gasteiger partial charge >= 0.3 is 12.1 Å². The summed E-state index contributed by atoms with van der Waals surface area (Å²) in [7, 11) is 0. The lowest BCUT2D eigenvalue weighted by molar-refractivity contribution is -0.138. The zero-order valence-electron chi connectivity index (χ0n) is 22.1. The minimum Gasteiger partial charge on any atom is -0.489 e. The topological polar surface area (TPSA) is 88.5 Å². The Bertz CT molecular complexity index is 1700. The van der Waals surface area contributed by atoms with Gasteiger partial charge in [0.15, 0.2) is 0 Å². The van der Waals surface area contributed by atoms with Crippen LogP contribution in [0.3, 0.4) is 0 Å². The molecule has 0 fully saturated rings. The van der Waals surface area contributed by atoms with Gasteiger partial charge in [-0.1, -0.05) is 72.8 Å². The average molecular weight is 571 g/mol. The highest BCUT2D eigenvalue weighted by Crippen LogP contribution is 2.30. The number of nitrogens with zero attached hydrogens (tertiary/aromatic N) is 1. The Kier molecular flexibility index (Phi) is 8.19. The Morgan fingerprint density at radius 1 is 0.833 bits per heavy atom. The van der Waals surface area contributed by atoms with E-state index in [1.54, 1.807) is 36.4 Å². The molecule has 42 heavy (non-hydrogen) atoms. The molecular weight excluding hydrogens is 545 g/mol. The van der Waals surface area contributed by atoms with Crippen molar-refractivity contribution in [3.8, 4) is 16.9 Å². The molecule has 5 rings (SSSR count). The Balaban J connectivity index is 1.26. The van der Waals surface area contributed by atoms with E-state index in [4.69, 9.17) is 4.74 Å². The maximum Gasteiger partial charge on any atom is 0.416 e. The van der Waals surface area contributed by atoms with Crippen LogP contribution >= 0.6 is 0 Å². The lowest BCUT2D eigenvalue weighted by atomic mass is 9.99. The highest BCUT2D eigenvalue weighted by atomic mass is 19.4. The van der Waals surface area contributed by atoms with Crippen LogP contribution in [0.5, 0.6) is 5.75 Å². The van der Waals surface area contributed by atoms with Crippen molar-refractivity contribution in [2.24, 2.45) is 0 Å². The number of carbonyl (C=O) groups excluding carboxylic acids is 1. The average Bonchev–Trinajstić information content (AvgIpc) is 2.99. The number of halogens is 3. The van der Waals surface area contributed by atoms with Gasteiger partial charge in [-0.25, -0.2) is 0 Å². The molecule has 1 atom stereocenters. The molecule has 1 unspecified atom stereocenters. The molecule has 0 aliphatic carbocycles. The highest BCUT2D eigenvalue weighted by Gasteiger charge is 2.30. The maximum atomic E-state index is 13.1. The van der Waals surface area contributed by atoms with Gasteiger partial charge in [-0.15, -0.1) is 0 Å². The van der Waals surface area contributed by atoms with E-state index in [1.807, 2.05) is 42.5 Å². The van der Waals surface area contributed by atoms with E-state index in [1.165, 1.54) is 18.3 Å². The van der Waals surface area contributed by atoms with Crippen LogP contribution in [0.25, 0.3) is 21.9 Å². The molecule has 4 aromatic carbocycles. The number of benzene rings is 4. The molecule has 0 saturated carbocycles. The molecule has 2 N–H and O–H groups in total. The summed E-state index contributed by atoms with van der Waals surface area (Å²) in [5.74, 6) is -1.08. The van der Waals surface area contributed by atoms with Crippen molar-refractivity contribution in [3.63, 3.8) is 0 Å². The van der Waals surface area contributed by atoms with E-state index in [2.05, 4.69) is 10.3 Å². The molecule has 1 amide bonds. The smallest absolute Gasteiger partial charge is 0.416 e. The van der Waals surface area contributed by atoms with Crippen molar-refractivity contribution in [1.82, 2.24) is 10.3 Å². The molecule has 1 aromatic heterocycles. The molecule has 0 bridgehead atoms. The number of ether oxygens (including phenoxy) is 1. The summed E-state index contributed by atoms with van der Waals surface area (Å²) in [5, 5.41) is 13.7. The van der Waals surface area contributed by atoms with Gasteiger partial charge < -0.3 is 15.2 Å². The second kappa shape index (κ2) is 12.1. The van der Waals surface area contributed by atoms with E-state index >= 15 is 0 Å². The number of hydrogen-bond donors (Lipinski definition) is 2. The minimum absolute atomic E-state index is 0.0782. The molecule has 0 aliphatic heterocycles. The zero-order chi connectivity index (χ0) is 29.7. The molecule has 0 saturated heterocycles. The third-order valence-electron chi connectivity index (χ3n) is 6.72. The number of carbonyl (C=O) groups is 2.